The van der Waals surface area contributed by atoms with Gasteiger partial charge in [-0.3, -0.25) is 4.79 Å². The summed E-state index contributed by atoms with van der Waals surface area (Å²) < 4.78 is 12.2. The number of fused-ring (bicyclic) bond motifs is 3. The van der Waals surface area contributed by atoms with Crippen molar-refractivity contribution in [2.75, 3.05) is 0 Å². The fraction of sp³-hybridized carbons (Fsp3) is 0.0625. The molecule has 0 radical (unpaired) electrons. The molecule has 0 saturated heterocycles. The number of carbonyl (C=O) groups excluding carboxylic acids is 1. The molecule has 0 aliphatic carbocycles. The van der Waals surface area contributed by atoms with E-state index in [9.17, 15) is 9.59 Å². The van der Waals surface area contributed by atoms with E-state index in [1.165, 1.54) is 0 Å². The highest BCUT2D eigenvalue weighted by Crippen LogP contribution is 2.40. The summed E-state index contributed by atoms with van der Waals surface area (Å²) in [4.78, 5) is 26.8. The molecule has 0 fully saturated rings. The Morgan fingerprint density at radius 1 is 0.750 bits per heavy atom. The van der Waals surface area contributed by atoms with E-state index in [1.54, 1.807) is 12.1 Å². The average molecular weight is 471 g/mol. The Labute approximate surface area is 207 Å². The largest absolute Gasteiger partial charge is 0.452 e. The van der Waals surface area contributed by atoms with Crippen molar-refractivity contribution in [3.8, 4) is 11.1 Å². The van der Waals surface area contributed by atoms with Crippen molar-refractivity contribution in [2.24, 2.45) is 0 Å². The van der Waals surface area contributed by atoms with E-state index >= 15 is 0 Å². The summed E-state index contributed by atoms with van der Waals surface area (Å²) >= 11 is 0. The zero-order chi connectivity index (χ0) is 24.6. The Balaban J connectivity index is 1.64. The monoisotopic (exact) mass is 470 g/mol. The lowest BCUT2D eigenvalue weighted by Gasteiger charge is -2.09. The number of aryl methyl sites for hydroxylation is 1. The lowest BCUT2D eigenvalue weighted by molar-refractivity contribution is 0.101. The maximum Gasteiger partial charge on any atom is 0.340 e. The second-order valence-corrected chi connectivity index (χ2v) is 8.84. The molecule has 0 N–H and O–H groups in total. The normalized spacial score (nSPS) is 11.2. The topological polar surface area (TPSA) is 60.4 Å². The van der Waals surface area contributed by atoms with Crippen LogP contribution in [0.2, 0.25) is 0 Å². The molecule has 2 heterocycles. The predicted molar refractivity (Wildman–Crippen MR) is 142 cm³/mol. The third-order valence-corrected chi connectivity index (χ3v) is 6.63. The molecule has 174 valence electrons. The van der Waals surface area contributed by atoms with E-state index in [4.69, 9.17) is 8.83 Å². The molecule has 0 unspecified atom stereocenters. The number of benzene rings is 4. The Morgan fingerprint density at radius 3 is 2.08 bits per heavy atom. The Kier molecular flexibility index (Phi) is 5.34. The molecule has 0 amide bonds. The van der Waals surface area contributed by atoms with Gasteiger partial charge in [-0.25, -0.2) is 4.79 Å². The molecule has 0 atom stereocenters. The highest BCUT2D eigenvalue weighted by atomic mass is 16.4. The lowest BCUT2D eigenvalue weighted by atomic mass is 9.95. The first-order valence-corrected chi connectivity index (χ1v) is 11.8. The van der Waals surface area contributed by atoms with Crippen LogP contribution in [0.15, 0.2) is 117 Å². The van der Waals surface area contributed by atoms with Crippen LogP contribution in [0.25, 0.3) is 33.1 Å². The molecule has 6 aromatic rings. The quantitative estimate of drug-likeness (QED) is 0.195. The first kappa shape index (κ1) is 21.8. The first-order valence-electron chi connectivity index (χ1n) is 11.8. The zero-order valence-corrected chi connectivity index (χ0v) is 19.7. The fourth-order valence-corrected chi connectivity index (χ4v) is 4.80. The number of hydrogen-bond acceptors (Lipinski definition) is 4. The number of rotatable bonds is 5. The van der Waals surface area contributed by atoms with E-state index in [-0.39, 0.29) is 17.2 Å². The van der Waals surface area contributed by atoms with E-state index < -0.39 is 0 Å². The molecule has 4 heteroatoms. The van der Waals surface area contributed by atoms with Crippen LogP contribution in [0.3, 0.4) is 0 Å². The standard InChI is InChI=1S/C32H22O4/c1-20-24-17-18-26-28(30(24)36-32(34)25(20)19-21-11-5-2-6-12-21)27(22-13-7-3-8-14-22)31(35-26)29(33)23-15-9-4-10-16-23/h2-18H,19H2,1H3. The van der Waals surface area contributed by atoms with E-state index in [2.05, 4.69) is 0 Å². The van der Waals surface area contributed by atoms with E-state index in [1.807, 2.05) is 97.9 Å². The highest BCUT2D eigenvalue weighted by Gasteiger charge is 2.26. The molecule has 0 spiro atoms. The highest BCUT2D eigenvalue weighted by molar-refractivity contribution is 6.20. The SMILES string of the molecule is Cc1c(Cc2ccccc2)c(=O)oc2c1ccc1oc(C(=O)c3ccccc3)c(-c3ccccc3)c12. The van der Waals surface area contributed by atoms with Gasteiger partial charge < -0.3 is 8.83 Å². The Hall–Kier alpha value is -4.70. The van der Waals surface area contributed by atoms with Crippen LogP contribution in [-0.2, 0) is 6.42 Å². The third-order valence-electron chi connectivity index (χ3n) is 6.63. The zero-order valence-electron chi connectivity index (χ0n) is 19.7. The summed E-state index contributed by atoms with van der Waals surface area (Å²) in [5.41, 5.74) is 5.05. The lowest BCUT2D eigenvalue weighted by Crippen LogP contribution is -2.11. The molecule has 2 aromatic heterocycles. The van der Waals surface area contributed by atoms with Crippen LogP contribution in [0.4, 0.5) is 0 Å². The minimum atomic E-state index is -0.382. The molecular weight excluding hydrogens is 448 g/mol. The van der Waals surface area contributed by atoms with Crippen LogP contribution < -0.4 is 5.63 Å². The Morgan fingerprint density at radius 2 is 1.39 bits per heavy atom. The molecule has 6 rings (SSSR count). The van der Waals surface area contributed by atoms with Crippen LogP contribution in [0.5, 0.6) is 0 Å². The first-order chi connectivity index (χ1) is 17.6. The summed E-state index contributed by atoms with van der Waals surface area (Å²) in [6.45, 7) is 1.95. The van der Waals surface area contributed by atoms with Crippen LogP contribution >= 0.6 is 0 Å². The number of ketones is 1. The van der Waals surface area contributed by atoms with Crippen molar-refractivity contribution in [1.29, 1.82) is 0 Å². The van der Waals surface area contributed by atoms with E-state index in [0.717, 1.165) is 22.1 Å². The second-order valence-electron chi connectivity index (χ2n) is 8.84. The van der Waals surface area contributed by atoms with Gasteiger partial charge in [0.2, 0.25) is 5.78 Å². The van der Waals surface area contributed by atoms with Crippen LogP contribution in [0.1, 0.15) is 32.8 Å². The summed E-state index contributed by atoms with van der Waals surface area (Å²) in [5, 5.41) is 1.45. The number of carbonyl (C=O) groups is 1. The molecule has 4 aromatic carbocycles. The number of hydrogen-bond donors (Lipinski definition) is 0. The summed E-state index contributed by atoms with van der Waals surface area (Å²) in [7, 11) is 0. The van der Waals surface area contributed by atoms with Crippen molar-refractivity contribution < 1.29 is 13.6 Å². The summed E-state index contributed by atoms with van der Waals surface area (Å²) in [5.74, 6) is 0.00198. The van der Waals surface area contributed by atoms with Crippen LogP contribution in [-0.4, -0.2) is 5.78 Å². The van der Waals surface area contributed by atoms with Gasteiger partial charge in [-0.05, 0) is 35.7 Å². The van der Waals surface area contributed by atoms with Crippen molar-refractivity contribution >= 4 is 27.7 Å². The average Bonchev–Trinajstić information content (AvgIpc) is 3.32. The van der Waals surface area contributed by atoms with Gasteiger partial charge in [-0.2, -0.15) is 0 Å². The molecule has 0 bridgehead atoms. The smallest absolute Gasteiger partial charge is 0.340 e. The van der Waals surface area contributed by atoms with Gasteiger partial charge in [-0.1, -0.05) is 91.0 Å². The van der Waals surface area contributed by atoms with E-state index in [0.29, 0.717) is 39.7 Å². The number of furan rings is 1. The van der Waals surface area contributed by atoms with Crippen molar-refractivity contribution in [3.63, 3.8) is 0 Å². The van der Waals surface area contributed by atoms with Gasteiger partial charge in [-0.15, -0.1) is 0 Å². The molecule has 36 heavy (non-hydrogen) atoms. The van der Waals surface area contributed by atoms with Gasteiger partial charge in [0, 0.05) is 28.5 Å². The van der Waals surface area contributed by atoms with Crippen molar-refractivity contribution in [3.05, 3.63) is 142 Å². The minimum absolute atomic E-state index is 0.224. The van der Waals surface area contributed by atoms with Gasteiger partial charge in [0.25, 0.3) is 0 Å². The maximum atomic E-state index is 13.6. The fourth-order valence-electron chi connectivity index (χ4n) is 4.80. The predicted octanol–water partition coefficient (Wildman–Crippen LogP) is 7.34. The van der Waals surface area contributed by atoms with Gasteiger partial charge >= 0.3 is 5.63 Å². The molecule has 0 saturated carbocycles. The third kappa shape index (κ3) is 3.64. The van der Waals surface area contributed by atoms with Crippen LogP contribution in [0, 0.1) is 6.92 Å². The van der Waals surface area contributed by atoms with Crippen molar-refractivity contribution in [1.82, 2.24) is 0 Å². The van der Waals surface area contributed by atoms with Crippen molar-refractivity contribution in [2.45, 2.75) is 13.3 Å². The molecule has 4 nitrogen and oxygen atoms in total. The molecule has 0 aliphatic rings. The van der Waals surface area contributed by atoms with Gasteiger partial charge in [0.05, 0.1) is 5.39 Å². The maximum absolute atomic E-state index is 13.6. The van der Waals surface area contributed by atoms with Gasteiger partial charge in [0.15, 0.2) is 5.76 Å². The molecular formula is C32H22O4. The summed E-state index contributed by atoms with van der Waals surface area (Å²) in [6, 6.07) is 32.3. The van der Waals surface area contributed by atoms with Gasteiger partial charge in [0.1, 0.15) is 11.2 Å². The summed E-state index contributed by atoms with van der Waals surface area (Å²) in [6.07, 6.45) is 0.484. The molecule has 0 aliphatic heterocycles. The minimum Gasteiger partial charge on any atom is -0.452 e. The second kappa shape index (κ2) is 8.82. The Bertz CT molecular complexity index is 1780.